The maximum Gasteiger partial charge on any atom is 0.408 e. The Balaban J connectivity index is 4.73. The summed E-state index contributed by atoms with van der Waals surface area (Å²) in [7, 11) is 0. The highest BCUT2D eigenvalue weighted by atomic mass is 16.6. The Kier molecular flexibility index (Phi) is 6.06. The van der Waals surface area contributed by atoms with E-state index in [1.54, 1.807) is 26.8 Å². The molecule has 0 bridgehead atoms. The summed E-state index contributed by atoms with van der Waals surface area (Å²) in [6.45, 7) is 6.41. The van der Waals surface area contributed by atoms with Crippen LogP contribution in [-0.4, -0.2) is 28.3 Å². The molecule has 0 aromatic carbocycles. The molecule has 0 aliphatic rings. The van der Waals surface area contributed by atoms with E-state index in [1.165, 1.54) is 13.0 Å². The van der Waals surface area contributed by atoms with Crippen molar-refractivity contribution < 1.29 is 19.4 Å². The number of nitriles is 1. The number of carboxylic acid groups (broad SMARTS) is 1. The number of carboxylic acids is 1. The van der Waals surface area contributed by atoms with Crippen molar-refractivity contribution in [3.8, 4) is 6.07 Å². The molecule has 0 aliphatic heterocycles. The number of rotatable bonds is 5. The van der Waals surface area contributed by atoms with E-state index in [2.05, 4.69) is 5.32 Å². The summed E-state index contributed by atoms with van der Waals surface area (Å²) in [4.78, 5) is 22.8. The van der Waals surface area contributed by atoms with Gasteiger partial charge in [0.05, 0.1) is 6.07 Å². The van der Waals surface area contributed by atoms with Crippen LogP contribution in [0.3, 0.4) is 0 Å². The van der Waals surface area contributed by atoms with Gasteiger partial charge in [0.2, 0.25) is 0 Å². The van der Waals surface area contributed by atoms with Crippen LogP contribution >= 0.6 is 0 Å². The number of hydrogen-bond donors (Lipinski definition) is 2. The number of alkyl carbamates (subject to hydrolysis) is 1. The molecule has 0 aromatic rings. The van der Waals surface area contributed by atoms with Crippen LogP contribution in [0.5, 0.6) is 0 Å². The Hall–Kier alpha value is -2.03. The van der Waals surface area contributed by atoms with E-state index in [9.17, 15) is 9.59 Å². The summed E-state index contributed by atoms with van der Waals surface area (Å²) in [6, 6.07) is 1.94. The monoisotopic (exact) mass is 268 g/mol. The van der Waals surface area contributed by atoms with Gasteiger partial charge in [0.15, 0.2) is 5.54 Å². The first-order valence-electron chi connectivity index (χ1n) is 5.90. The molecule has 0 unspecified atom stereocenters. The van der Waals surface area contributed by atoms with E-state index >= 15 is 0 Å². The molecule has 1 amide bonds. The van der Waals surface area contributed by atoms with Crippen molar-refractivity contribution in [1.82, 2.24) is 5.32 Å². The number of allylic oxidation sites excluding steroid dienone is 1. The predicted octanol–water partition coefficient (Wildman–Crippen LogP) is 2.21. The van der Waals surface area contributed by atoms with Crippen LogP contribution in [-0.2, 0) is 9.53 Å². The summed E-state index contributed by atoms with van der Waals surface area (Å²) in [5.41, 5.74) is -2.26. The van der Waals surface area contributed by atoms with E-state index < -0.39 is 23.2 Å². The van der Waals surface area contributed by atoms with E-state index in [0.717, 1.165) is 0 Å². The van der Waals surface area contributed by atoms with Gasteiger partial charge in [-0.2, -0.15) is 5.26 Å². The van der Waals surface area contributed by atoms with Crippen molar-refractivity contribution >= 4 is 12.1 Å². The smallest absolute Gasteiger partial charge is 0.408 e. The molecular weight excluding hydrogens is 248 g/mol. The average molecular weight is 268 g/mol. The van der Waals surface area contributed by atoms with Crippen LogP contribution in [0.15, 0.2) is 12.2 Å². The van der Waals surface area contributed by atoms with E-state index in [1.807, 2.05) is 6.07 Å². The molecule has 0 fully saturated rings. The molecule has 6 nitrogen and oxygen atoms in total. The Morgan fingerprint density at radius 2 is 1.95 bits per heavy atom. The highest BCUT2D eigenvalue weighted by molar-refractivity contribution is 5.86. The lowest BCUT2D eigenvalue weighted by Crippen LogP contribution is -2.52. The van der Waals surface area contributed by atoms with Gasteiger partial charge in [0.1, 0.15) is 5.60 Å². The Morgan fingerprint density at radius 1 is 1.37 bits per heavy atom. The minimum atomic E-state index is -1.56. The molecule has 19 heavy (non-hydrogen) atoms. The third-order valence-electron chi connectivity index (χ3n) is 2.08. The van der Waals surface area contributed by atoms with Crippen LogP contribution in [0.2, 0.25) is 0 Å². The minimum absolute atomic E-state index is 0.290. The Labute approximate surface area is 113 Å². The highest BCUT2D eigenvalue weighted by Crippen LogP contribution is 2.12. The summed E-state index contributed by atoms with van der Waals surface area (Å²) in [6.07, 6.45) is 2.81. The average Bonchev–Trinajstić information content (AvgIpc) is 2.21. The second kappa shape index (κ2) is 6.78. The normalized spacial score (nSPS) is 14.5. The van der Waals surface area contributed by atoms with E-state index in [0.29, 0.717) is 12.8 Å². The van der Waals surface area contributed by atoms with Gasteiger partial charge in [-0.3, -0.25) is 0 Å². The van der Waals surface area contributed by atoms with Crippen molar-refractivity contribution in [2.24, 2.45) is 0 Å². The molecule has 0 saturated carbocycles. The van der Waals surface area contributed by atoms with Crippen molar-refractivity contribution in [1.29, 1.82) is 5.26 Å². The predicted molar refractivity (Wildman–Crippen MR) is 69.4 cm³/mol. The van der Waals surface area contributed by atoms with Gasteiger partial charge in [-0.25, -0.2) is 9.59 Å². The molecule has 0 heterocycles. The molecule has 1 atom stereocenters. The van der Waals surface area contributed by atoms with Crippen molar-refractivity contribution in [3.63, 3.8) is 0 Å². The number of ether oxygens (including phenoxy) is 1. The van der Waals surface area contributed by atoms with Crippen LogP contribution in [0.1, 0.15) is 40.5 Å². The molecule has 2 N–H and O–H groups in total. The van der Waals surface area contributed by atoms with Gasteiger partial charge in [-0.05, 0) is 34.1 Å². The lowest BCUT2D eigenvalue weighted by Gasteiger charge is -2.26. The molecule has 0 radical (unpaired) electrons. The summed E-state index contributed by atoms with van der Waals surface area (Å²) in [5, 5.41) is 19.8. The van der Waals surface area contributed by atoms with Gasteiger partial charge in [-0.15, -0.1) is 0 Å². The number of aliphatic carboxylic acids is 1. The number of nitrogens with zero attached hydrogens (tertiary/aromatic N) is 1. The second-order valence-electron chi connectivity index (χ2n) is 5.23. The first-order valence-corrected chi connectivity index (χ1v) is 5.90. The van der Waals surface area contributed by atoms with Crippen LogP contribution in [0, 0.1) is 11.3 Å². The van der Waals surface area contributed by atoms with Gasteiger partial charge in [0, 0.05) is 6.42 Å². The lowest BCUT2D eigenvalue weighted by molar-refractivity contribution is -0.142. The molecule has 0 spiro atoms. The zero-order valence-corrected chi connectivity index (χ0v) is 11.7. The SMILES string of the molecule is CC(C)(C)OC(=O)N[C@](C)(C=CCCC#N)C(=O)O. The highest BCUT2D eigenvalue weighted by Gasteiger charge is 2.33. The van der Waals surface area contributed by atoms with Crippen molar-refractivity contribution in [2.75, 3.05) is 0 Å². The first kappa shape index (κ1) is 17.0. The number of carbonyl (C=O) groups excluding carboxylic acids is 1. The third-order valence-corrected chi connectivity index (χ3v) is 2.08. The molecule has 106 valence electrons. The maximum absolute atomic E-state index is 11.6. The Morgan fingerprint density at radius 3 is 2.37 bits per heavy atom. The van der Waals surface area contributed by atoms with Gasteiger partial charge >= 0.3 is 12.1 Å². The molecular formula is C13H20N2O4. The fraction of sp³-hybridized carbons (Fsp3) is 0.615. The molecule has 6 heteroatoms. The zero-order valence-electron chi connectivity index (χ0n) is 11.7. The molecule has 0 aromatic heterocycles. The molecule has 0 rings (SSSR count). The second-order valence-corrected chi connectivity index (χ2v) is 5.23. The summed E-state index contributed by atoms with van der Waals surface area (Å²) >= 11 is 0. The van der Waals surface area contributed by atoms with Gasteiger partial charge in [0.25, 0.3) is 0 Å². The lowest BCUT2D eigenvalue weighted by atomic mass is 10.0. The number of carbonyl (C=O) groups is 2. The summed E-state index contributed by atoms with van der Waals surface area (Å²) in [5.74, 6) is -1.20. The van der Waals surface area contributed by atoms with E-state index in [4.69, 9.17) is 15.1 Å². The number of unbranched alkanes of at least 4 members (excludes halogenated alkanes) is 1. The van der Waals surface area contributed by atoms with Gasteiger partial charge in [-0.1, -0.05) is 12.2 Å². The first-order chi connectivity index (χ1) is 8.60. The quantitative estimate of drug-likeness (QED) is 0.588. The third kappa shape index (κ3) is 7.09. The van der Waals surface area contributed by atoms with Gasteiger partial charge < -0.3 is 15.2 Å². The van der Waals surface area contributed by atoms with Crippen molar-refractivity contribution in [2.45, 2.75) is 51.7 Å². The summed E-state index contributed by atoms with van der Waals surface area (Å²) < 4.78 is 5.01. The molecule has 0 aliphatic carbocycles. The molecule has 0 saturated heterocycles. The number of nitrogens with one attached hydrogen (secondary N) is 1. The van der Waals surface area contributed by atoms with Crippen molar-refractivity contribution in [3.05, 3.63) is 12.2 Å². The standard InChI is InChI=1S/C13H20N2O4/c1-12(2,3)19-11(18)15-13(4,10(16)17)8-6-5-7-9-14/h6,8H,5,7H2,1-4H3,(H,15,18)(H,16,17)/t13-/m1/s1. The zero-order chi connectivity index (χ0) is 15.1. The minimum Gasteiger partial charge on any atom is -0.479 e. The van der Waals surface area contributed by atoms with Crippen LogP contribution in [0.4, 0.5) is 4.79 Å². The largest absolute Gasteiger partial charge is 0.479 e. The number of amides is 1. The van der Waals surface area contributed by atoms with Crippen LogP contribution < -0.4 is 5.32 Å². The van der Waals surface area contributed by atoms with Crippen LogP contribution in [0.25, 0.3) is 0 Å². The fourth-order valence-electron chi connectivity index (χ4n) is 1.15. The van der Waals surface area contributed by atoms with E-state index in [-0.39, 0.29) is 0 Å². The topological polar surface area (TPSA) is 99.4 Å². The fourth-order valence-corrected chi connectivity index (χ4v) is 1.15. The number of hydrogen-bond acceptors (Lipinski definition) is 4. The maximum atomic E-state index is 11.6. The Bertz CT molecular complexity index is 404.